The Morgan fingerprint density at radius 1 is 1.32 bits per heavy atom. The molecule has 1 fully saturated rings. The Morgan fingerprint density at radius 3 is 2.48 bits per heavy atom. The van der Waals surface area contributed by atoms with E-state index in [9.17, 15) is 9.18 Å². The summed E-state index contributed by atoms with van der Waals surface area (Å²) in [5, 5.41) is 0. The molecule has 0 bridgehead atoms. The smallest absolute Gasteiger partial charge is 0.242 e. The maximum Gasteiger partial charge on any atom is 0.242 e. The van der Waals surface area contributed by atoms with Crippen LogP contribution in [0.5, 0.6) is 5.75 Å². The number of hydrogen-bond donors (Lipinski definition) is 1. The fourth-order valence-electron chi connectivity index (χ4n) is 3.16. The number of piperazine rings is 1. The number of benzene rings is 1. The lowest BCUT2D eigenvalue weighted by molar-refractivity contribution is -0.138. The number of ether oxygens (including phenoxy) is 1. The van der Waals surface area contributed by atoms with E-state index in [2.05, 4.69) is 4.90 Å². The molecule has 1 heterocycles. The molecular weight excluding hydrogens is 345 g/mol. The number of hydrogen-bond acceptors (Lipinski definition) is 4. The van der Waals surface area contributed by atoms with E-state index in [1.807, 2.05) is 24.8 Å². The van der Waals surface area contributed by atoms with Crippen molar-refractivity contribution in [2.45, 2.75) is 38.8 Å². The molecule has 1 aromatic rings. The summed E-state index contributed by atoms with van der Waals surface area (Å²) < 4.78 is 18.7. The van der Waals surface area contributed by atoms with Gasteiger partial charge in [0.25, 0.3) is 0 Å². The van der Waals surface area contributed by atoms with Crippen LogP contribution in [0.25, 0.3) is 0 Å². The van der Waals surface area contributed by atoms with Crippen molar-refractivity contribution in [3.05, 3.63) is 29.6 Å². The number of carbonyl (C=O) groups excluding carboxylic acids is 1. The minimum atomic E-state index is -0.782. The van der Waals surface area contributed by atoms with Gasteiger partial charge < -0.3 is 15.4 Å². The van der Waals surface area contributed by atoms with Gasteiger partial charge in [0.2, 0.25) is 5.91 Å². The Morgan fingerprint density at radius 2 is 1.96 bits per heavy atom. The van der Waals surface area contributed by atoms with E-state index in [0.717, 1.165) is 25.1 Å². The van der Waals surface area contributed by atoms with Gasteiger partial charge in [0.1, 0.15) is 0 Å². The van der Waals surface area contributed by atoms with Crippen molar-refractivity contribution in [1.82, 2.24) is 9.80 Å². The standard InChI is InChI=1S/C18H28FN3O2.ClH/c1-4-7-18(2,20)17(23)22-10-8-21(9-11-22)13-14-5-6-16(24-3)15(19)12-14;/h5-6,12H,4,7-11,13,20H2,1-3H3;1H. The summed E-state index contributed by atoms with van der Waals surface area (Å²) in [5.74, 6) is -0.0610. The molecule has 1 amide bonds. The van der Waals surface area contributed by atoms with Crippen LogP contribution in [0, 0.1) is 5.82 Å². The van der Waals surface area contributed by atoms with Crippen LogP contribution < -0.4 is 10.5 Å². The Hall–Kier alpha value is -1.37. The van der Waals surface area contributed by atoms with Gasteiger partial charge in [-0.15, -0.1) is 12.4 Å². The van der Waals surface area contributed by atoms with Crippen LogP contribution in [-0.4, -0.2) is 54.5 Å². The minimum Gasteiger partial charge on any atom is -0.494 e. The molecule has 2 N–H and O–H groups in total. The molecule has 0 aliphatic carbocycles. The van der Waals surface area contributed by atoms with Crippen LogP contribution in [0.3, 0.4) is 0 Å². The number of rotatable bonds is 6. The Labute approximate surface area is 155 Å². The van der Waals surface area contributed by atoms with Crippen LogP contribution in [-0.2, 0) is 11.3 Å². The summed E-state index contributed by atoms with van der Waals surface area (Å²) in [7, 11) is 1.46. The summed E-state index contributed by atoms with van der Waals surface area (Å²) >= 11 is 0. The quantitative estimate of drug-likeness (QED) is 0.832. The second-order valence-electron chi connectivity index (χ2n) is 6.70. The summed E-state index contributed by atoms with van der Waals surface area (Å²) in [6.45, 7) is 7.36. The highest BCUT2D eigenvalue weighted by Gasteiger charge is 2.33. The molecule has 1 aliphatic rings. The highest BCUT2D eigenvalue weighted by molar-refractivity contribution is 5.86. The SMILES string of the molecule is CCCC(C)(N)C(=O)N1CCN(Cc2ccc(OC)c(F)c2)CC1.Cl. The molecule has 7 heteroatoms. The van der Waals surface area contributed by atoms with E-state index in [1.54, 1.807) is 6.07 Å². The molecule has 1 aliphatic heterocycles. The zero-order valence-corrected chi connectivity index (χ0v) is 16.1. The Kier molecular flexibility index (Phi) is 8.12. The molecule has 142 valence electrons. The summed E-state index contributed by atoms with van der Waals surface area (Å²) in [6, 6.07) is 5.03. The lowest BCUT2D eigenvalue weighted by Gasteiger charge is -2.38. The van der Waals surface area contributed by atoms with E-state index >= 15 is 0 Å². The Bertz CT molecular complexity index is 575. The normalized spacial score (nSPS) is 17.6. The van der Waals surface area contributed by atoms with Crippen molar-refractivity contribution < 1.29 is 13.9 Å². The zero-order chi connectivity index (χ0) is 17.7. The molecule has 0 saturated carbocycles. The largest absolute Gasteiger partial charge is 0.494 e. The first-order chi connectivity index (χ1) is 11.4. The van der Waals surface area contributed by atoms with Gasteiger partial charge >= 0.3 is 0 Å². The van der Waals surface area contributed by atoms with Crippen molar-refractivity contribution in [2.75, 3.05) is 33.3 Å². The third-order valence-corrected chi connectivity index (χ3v) is 4.54. The van der Waals surface area contributed by atoms with Gasteiger partial charge in [0.05, 0.1) is 12.6 Å². The maximum absolute atomic E-state index is 13.8. The molecular formula is C18H29ClFN3O2. The third kappa shape index (κ3) is 5.56. The molecule has 1 aromatic carbocycles. The van der Waals surface area contributed by atoms with Crippen LogP contribution >= 0.6 is 12.4 Å². The van der Waals surface area contributed by atoms with Crippen LogP contribution in [0.1, 0.15) is 32.3 Å². The average molecular weight is 374 g/mol. The molecule has 0 spiro atoms. The summed E-state index contributed by atoms with van der Waals surface area (Å²) in [5.41, 5.74) is 6.27. The number of amides is 1. The second-order valence-corrected chi connectivity index (χ2v) is 6.70. The fraction of sp³-hybridized carbons (Fsp3) is 0.611. The van der Waals surface area contributed by atoms with Gasteiger partial charge in [0, 0.05) is 32.7 Å². The van der Waals surface area contributed by atoms with Gasteiger partial charge in [-0.2, -0.15) is 0 Å². The highest BCUT2D eigenvalue weighted by Crippen LogP contribution is 2.20. The van der Waals surface area contributed by atoms with E-state index in [1.165, 1.54) is 13.2 Å². The molecule has 0 radical (unpaired) electrons. The summed E-state index contributed by atoms with van der Waals surface area (Å²) in [4.78, 5) is 16.6. The van der Waals surface area contributed by atoms with E-state index in [4.69, 9.17) is 10.5 Å². The second kappa shape index (κ2) is 9.36. The highest BCUT2D eigenvalue weighted by atomic mass is 35.5. The van der Waals surface area contributed by atoms with E-state index < -0.39 is 5.54 Å². The Balaban J connectivity index is 0.00000312. The van der Waals surface area contributed by atoms with Crippen molar-refractivity contribution >= 4 is 18.3 Å². The van der Waals surface area contributed by atoms with Crippen LogP contribution in [0.2, 0.25) is 0 Å². The lowest BCUT2D eigenvalue weighted by atomic mass is 9.95. The van der Waals surface area contributed by atoms with Crippen molar-refractivity contribution in [2.24, 2.45) is 5.73 Å². The first kappa shape index (κ1) is 21.7. The van der Waals surface area contributed by atoms with E-state index in [-0.39, 0.29) is 29.9 Å². The molecule has 1 atom stereocenters. The van der Waals surface area contributed by atoms with Crippen LogP contribution in [0.4, 0.5) is 4.39 Å². The molecule has 2 rings (SSSR count). The lowest BCUT2D eigenvalue weighted by Crippen LogP contribution is -2.58. The third-order valence-electron chi connectivity index (χ3n) is 4.54. The molecule has 25 heavy (non-hydrogen) atoms. The monoisotopic (exact) mass is 373 g/mol. The predicted octanol–water partition coefficient (Wildman–Crippen LogP) is 2.42. The number of carbonyl (C=O) groups is 1. The van der Waals surface area contributed by atoms with E-state index in [0.29, 0.717) is 26.1 Å². The number of halogens is 2. The fourth-order valence-corrected chi connectivity index (χ4v) is 3.16. The van der Waals surface area contributed by atoms with Crippen molar-refractivity contribution in [1.29, 1.82) is 0 Å². The molecule has 0 aromatic heterocycles. The van der Waals surface area contributed by atoms with Gasteiger partial charge in [-0.05, 0) is 31.0 Å². The van der Waals surface area contributed by atoms with Crippen LogP contribution in [0.15, 0.2) is 18.2 Å². The van der Waals surface area contributed by atoms with Crippen molar-refractivity contribution in [3.63, 3.8) is 0 Å². The first-order valence-corrected chi connectivity index (χ1v) is 8.50. The van der Waals surface area contributed by atoms with Gasteiger partial charge in [-0.1, -0.05) is 19.4 Å². The predicted molar refractivity (Wildman–Crippen MR) is 99.6 cm³/mol. The molecule has 5 nitrogen and oxygen atoms in total. The number of nitrogens with two attached hydrogens (primary N) is 1. The molecule has 1 unspecified atom stereocenters. The minimum absolute atomic E-state index is 0. The molecule has 1 saturated heterocycles. The maximum atomic E-state index is 13.8. The van der Waals surface area contributed by atoms with Gasteiger partial charge in [-0.3, -0.25) is 9.69 Å². The topological polar surface area (TPSA) is 58.8 Å². The number of nitrogens with zero attached hydrogens (tertiary/aromatic N) is 2. The first-order valence-electron chi connectivity index (χ1n) is 8.50. The summed E-state index contributed by atoms with van der Waals surface area (Å²) in [6.07, 6.45) is 1.58. The zero-order valence-electron chi connectivity index (χ0n) is 15.3. The van der Waals surface area contributed by atoms with Crippen molar-refractivity contribution in [3.8, 4) is 5.75 Å². The van der Waals surface area contributed by atoms with Gasteiger partial charge in [0.15, 0.2) is 11.6 Å². The van der Waals surface area contributed by atoms with Gasteiger partial charge in [-0.25, -0.2) is 4.39 Å². The number of methoxy groups -OCH3 is 1. The average Bonchev–Trinajstić information content (AvgIpc) is 2.55.